The molecule has 6 heteroatoms. The molecule has 0 aromatic heterocycles. The van der Waals surface area contributed by atoms with Crippen LogP contribution in [0.15, 0.2) is 34.8 Å². The molecule has 0 radical (unpaired) electrons. The van der Waals surface area contributed by atoms with Crippen molar-refractivity contribution in [3.05, 3.63) is 57.6 Å². The van der Waals surface area contributed by atoms with Gasteiger partial charge in [0.25, 0.3) is 0 Å². The largest absolute Gasteiger partial charge is 0.493 e. The Balaban J connectivity index is 2.56. The number of aliphatic hydroxyl groups is 1. The summed E-state index contributed by atoms with van der Waals surface area (Å²) < 4.78 is 38.4. The highest BCUT2D eigenvalue weighted by molar-refractivity contribution is 9.10. The van der Waals surface area contributed by atoms with Gasteiger partial charge in [0.2, 0.25) is 0 Å². The maximum atomic E-state index is 14.1. The van der Waals surface area contributed by atoms with Crippen molar-refractivity contribution >= 4 is 15.9 Å². The molecular weight excluding hydrogens is 346 g/mol. The van der Waals surface area contributed by atoms with E-state index in [4.69, 9.17) is 9.47 Å². The highest BCUT2D eigenvalue weighted by Gasteiger charge is 2.23. The Bertz CT molecular complexity index is 641. The number of rotatable bonds is 4. The standard InChI is InChI=1S/C15H13BrF2O3/c1-20-12-6-8(11(18)7-13(12)21-2)15(19)14-9(16)4-3-5-10(14)17/h3-7,15,19H,1-2H3. The lowest BCUT2D eigenvalue weighted by molar-refractivity contribution is 0.208. The molecule has 2 aromatic rings. The Morgan fingerprint density at radius 3 is 2.24 bits per heavy atom. The van der Waals surface area contributed by atoms with E-state index in [0.717, 1.165) is 6.07 Å². The van der Waals surface area contributed by atoms with Crippen LogP contribution in [0.25, 0.3) is 0 Å². The molecule has 0 aliphatic rings. The quantitative estimate of drug-likeness (QED) is 0.902. The molecule has 0 aliphatic heterocycles. The second-order valence-electron chi connectivity index (χ2n) is 4.27. The SMILES string of the molecule is COc1cc(F)c(C(O)c2c(F)cccc2Br)cc1OC. The second kappa shape index (κ2) is 6.41. The Hall–Kier alpha value is -1.66. The van der Waals surface area contributed by atoms with Crippen LogP contribution in [-0.2, 0) is 0 Å². The molecule has 0 heterocycles. The Labute approximate surface area is 129 Å². The van der Waals surface area contributed by atoms with Crippen LogP contribution in [0.1, 0.15) is 17.2 Å². The minimum Gasteiger partial charge on any atom is -0.493 e. The van der Waals surface area contributed by atoms with Crippen molar-refractivity contribution in [3.63, 3.8) is 0 Å². The maximum absolute atomic E-state index is 14.1. The molecule has 2 rings (SSSR count). The number of aliphatic hydroxyl groups excluding tert-OH is 1. The van der Waals surface area contributed by atoms with Crippen molar-refractivity contribution in [1.29, 1.82) is 0 Å². The first-order chi connectivity index (χ1) is 9.99. The predicted molar refractivity (Wildman–Crippen MR) is 77.7 cm³/mol. The van der Waals surface area contributed by atoms with Gasteiger partial charge in [-0.1, -0.05) is 22.0 Å². The molecule has 1 unspecified atom stereocenters. The van der Waals surface area contributed by atoms with E-state index in [-0.39, 0.29) is 22.6 Å². The molecule has 0 bridgehead atoms. The van der Waals surface area contributed by atoms with Crippen molar-refractivity contribution in [3.8, 4) is 11.5 Å². The molecule has 0 saturated heterocycles. The Morgan fingerprint density at radius 2 is 1.67 bits per heavy atom. The van der Waals surface area contributed by atoms with Crippen LogP contribution in [0.3, 0.4) is 0 Å². The van der Waals surface area contributed by atoms with E-state index in [1.807, 2.05) is 0 Å². The number of ether oxygens (including phenoxy) is 2. The summed E-state index contributed by atoms with van der Waals surface area (Å²) in [5.41, 5.74) is -0.137. The van der Waals surface area contributed by atoms with Crippen molar-refractivity contribution in [2.24, 2.45) is 0 Å². The Kier molecular flexibility index (Phi) is 4.80. The average molecular weight is 359 g/mol. The lowest BCUT2D eigenvalue weighted by Crippen LogP contribution is -2.07. The number of methoxy groups -OCH3 is 2. The minimum atomic E-state index is -1.47. The van der Waals surface area contributed by atoms with E-state index in [0.29, 0.717) is 4.47 Å². The molecule has 0 saturated carbocycles. The first-order valence-electron chi connectivity index (χ1n) is 6.03. The second-order valence-corrected chi connectivity index (χ2v) is 5.12. The van der Waals surface area contributed by atoms with E-state index >= 15 is 0 Å². The summed E-state index contributed by atoms with van der Waals surface area (Å²) in [5.74, 6) is -0.902. The molecule has 1 atom stereocenters. The fourth-order valence-corrected chi connectivity index (χ4v) is 2.57. The van der Waals surface area contributed by atoms with Crippen molar-refractivity contribution in [2.45, 2.75) is 6.10 Å². The molecule has 0 aliphatic carbocycles. The van der Waals surface area contributed by atoms with Crippen LogP contribution in [0.4, 0.5) is 8.78 Å². The lowest BCUT2D eigenvalue weighted by Gasteiger charge is -2.17. The minimum absolute atomic E-state index is 0.0383. The van der Waals surface area contributed by atoms with Gasteiger partial charge in [-0.15, -0.1) is 0 Å². The van der Waals surface area contributed by atoms with Gasteiger partial charge >= 0.3 is 0 Å². The van der Waals surface area contributed by atoms with E-state index in [1.54, 1.807) is 6.07 Å². The van der Waals surface area contributed by atoms with Gasteiger partial charge in [0.05, 0.1) is 14.2 Å². The summed E-state index contributed by atoms with van der Waals surface area (Å²) in [5, 5.41) is 10.3. The number of hydrogen-bond acceptors (Lipinski definition) is 3. The summed E-state index contributed by atoms with van der Waals surface area (Å²) in [7, 11) is 2.77. The number of hydrogen-bond donors (Lipinski definition) is 1. The summed E-state index contributed by atoms with van der Waals surface area (Å²) in [6.45, 7) is 0. The topological polar surface area (TPSA) is 38.7 Å². The molecule has 21 heavy (non-hydrogen) atoms. The smallest absolute Gasteiger partial charge is 0.163 e. The van der Waals surface area contributed by atoms with Crippen LogP contribution in [-0.4, -0.2) is 19.3 Å². The Morgan fingerprint density at radius 1 is 1.05 bits per heavy atom. The van der Waals surface area contributed by atoms with E-state index in [1.165, 1.54) is 32.4 Å². The number of halogens is 3. The van der Waals surface area contributed by atoms with Crippen LogP contribution in [0.5, 0.6) is 11.5 Å². The van der Waals surface area contributed by atoms with E-state index < -0.39 is 17.7 Å². The van der Waals surface area contributed by atoms with Gasteiger partial charge in [-0.05, 0) is 18.2 Å². The lowest BCUT2D eigenvalue weighted by atomic mass is 10.00. The molecule has 1 N–H and O–H groups in total. The van der Waals surface area contributed by atoms with Gasteiger partial charge in [-0.25, -0.2) is 8.78 Å². The fourth-order valence-electron chi connectivity index (χ4n) is 2.01. The van der Waals surface area contributed by atoms with Crippen molar-refractivity contribution in [2.75, 3.05) is 14.2 Å². The van der Waals surface area contributed by atoms with E-state index in [9.17, 15) is 13.9 Å². The van der Waals surface area contributed by atoms with Crippen LogP contribution in [0.2, 0.25) is 0 Å². The molecule has 3 nitrogen and oxygen atoms in total. The fraction of sp³-hybridized carbons (Fsp3) is 0.200. The van der Waals surface area contributed by atoms with Gasteiger partial charge in [0, 0.05) is 21.7 Å². The zero-order valence-corrected chi connectivity index (χ0v) is 12.9. The zero-order valence-electron chi connectivity index (χ0n) is 11.4. The third-order valence-corrected chi connectivity index (χ3v) is 3.76. The van der Waals surface area contributed by atoms with Crippen LogP contribution < -0.4 is 9.47 Å². The highest BCUT2D eigenvalue weighted by Crippen LogP contribution is 2.37. The summed E-state index contributed by atoms with van der Waals surface area (Å²) in [6.07, 6.45) is -1.47. The molecular formula is C15H13BrF2O3. The molecule has 112 valence electrons. The van der Waals surface area contributed by atoms with Gasteiger partial charge < -0.3 is 14.6 Å². The predicted octanol–water partition coefficient (Wildman–Crippen LogP) is 3.83. The first kappa shape index (κ1) is 15.7. The third kappa shape index (κ3) is 3.01. The summed E-state index contributed by atoms with van der Waals surface area (Å²) >= 11 is 3.15. The normalized spacial score (nSPS) is 12.1. The maximum Gasteiger partial charge on any atom is 0.163 e. The average Bonchev–Trinajstić information content (AvgIpc) is 2.46. The highest BCUT2D eigenvalue weighted by atomic mass is 79.9. The molecule has 0 fully saturated rings. The summed E-state index contributed by atoms with van der Waals surface area (Å²) in [4.78, 5) is 0. The van der Waals surface area contributed by atoms with Crippen molar-refractivity contribution < 1.29 is 23.4 Å². The van der Waals surface area contributed by atoms with Crippen LogP contribution >= 0.6 is 15.9 Å². The van der Waals surface area contributed by atoms with E-state index in [2.05, 4.69) is 15.9 Å². The molecule has 0 spiro atoms. The number of benzene rings is 2. The van der Waals surface area contributed by atoms with Gasteiger partial charge in [0.1, 0.15) is 17.7 Å². The molecule has 0 amide bonds. The van der Waals surface area contributed by atoms with Gasteiger partial charge in [-0.2, -0.15) is 0 Å². The monoisotopic (exact) mass is 358 g/mol. The third-order valence-electron chi connectivity index (χ3n) is 3.07. The van der Waals surface area contributed by atoms with Gasteiger partial charge in [-0.3, -0.25) is 0 Å². The van der Waals surface area contributed by atoms with Gasteiger partial charge in [0.15, 0.2) is 11.5 Å². The zero-order chi connectivity index (χ0) is 15.6. The molecule has 2 aromatic carbocycles. The summed E-state index contributed by atoms with van der Waals surface area (Å²) in [6, 6.07) is 6.63. The van der Waals surface area contributed by atoms with Crippen LogP contribution in [0, 0.1) is 11.6 Å². The van der Waals surface area contributed by atoms with Crippen molar-refractivity contribution in [1.82, 2.24) is 0 Å². The first-order valence-corrected chi connectivity index (χ1v) is 6.82.